The highest BCUT2D eigenvalue weighted by molar-refractivity contribution is 8.15. The number of aliphatic imine (C=N–C) groups is 2. The van der Waals surface area contributed by atoms with E-state index in [0.29, 0.717) is 23.8 Å². The topological polar surface area (TPSA) is 74.1 Å². The van der Waals surface area contributed by atoms with Crippen molar-refractivity contribution in [2.45, 2.75) is 38.0 Å². The van der Waals surface area contributed by atoms with Gasteiger partial charge in [-0.2, -0.15) is 0 Å². The van der Waals surface area contributed by atoms with Gasteiger partial charge >= 0.3 is 0 Å². The standard InChI is InChI=1S/C28H26N4O2S/c1-3-24(26(33)30-21-15-9-7-11-18(21)2)35-28-31-22-16-10-8-14-20(22)25-29-23(27(34)32(25)28)17-19-12-5-4-6-13-19/h4-16,23-24H,3,17H2,1-2H3,(H,30,33)/t23-,24+/m0/s1. The lowest BCUT2D eigenvalue weighted by molar-refractivity contribution is -0.124. The van der Waals surface area contributed by atoms with E-state index in [2.05, 4.69) is 5.32 Å². The number of carbonyl (C=O) groups excluding carboxylic acids is 2. The van der Waals surface area contributed by atoms with Gasteiger partial charge in [-0.25, -0.2) is 9.89 Å². The van der Waals surface area contributed by atoms with E-state index < -0.39 is 11.3 Å². The predicted molar refractivity (Wildman–Crippen MR) is 142 cm³/mol. The van der Waals surface area contributed by atoms with Crippen LogP contribution in [0.1, 0.15) is 30.0 Å². The summed E-state index contributed by atoms with van der Waals surface area (Å²) in [5.74, 6) is 0.385. The summed E-state index contributed by atoms with van der Waals surface area (Å²) in [7, 11) is 0. The molecular weight excluding hydrogens is 456 g/mol. The second-order valence-electron chi connectivity index (χ2n) is 8.56. The first-order chi connectivity index (χ1) is 17.0. The maximum atomic E-state index is 13.6. The molecule has 0 aliphatic carbocycles. The van der Waals surface area contributed by atoms with E-state index in [9.17, 15) is 9.59 Å². The van der Waals surface area contributed by atoms with Crippen LogP contribution in [0.2, 0.25) is 0 Å². The monoisotopic (exact) mass is 482 g/mol. The Hall–Kier alpha value is -3.71. The number of amides is 2. The third-order valence-corrected chi connectivity index (χ3v) is 7.45. The Bertz CT molecular complexity index is 1340. The average Bonchev–Trinajstić information content (AvgIpc) is 3.20. The van der Waals surface area contributed by atoms with Crippen LogP contribution in [0.15, 0.2) is 88.8 Å². The van der Waals surface area contributed by atoms with Crippen LogP contribution in [0, 0.1) is 6.92 Å². The number of amidine groups is 2. The number of rotatable bonds is 6. The van der Waals surface area contributed by atoms with Gasteiger partial charge in [0.05, 0.1) is 10.9 Å². The number of fused-ring (bicyclic) bond motifs is 3. The molecule has 5 rings (SSSR count). The molecule has 2 heterocycles. The molecule has 7 heteroatoms. The summed E-state index contributed by atoms with van der Waals surface area (Å²) < 4.78 is 0. The summed E-state index contributed by atoms with van der Waals surface area (Å²) in [6.45, 7) is 3.93. The number of carbonyl (C=O) groups is 2. The second-order valence-corrected chi connectivity index (χ2v) is 9.73. The summed E-state index contributed by atoms with van der Waals surface area (Å²) in [6.07, 6.45) is 1.11. The van der Waals surface area contributed by atoms with Crippen LogP contribution in [-0.2, 0) is 16.0 Å². The fourth-order valence-electron chi connectivity index (χ4n) is 4.23. The van der Waals surface area contributed by atoms with Crippen molar-refractivity contribution in [1.82, 2.24) is 4.90 Å². The SMILES string of the molecule is CC[C@@H](SC1=Nc2ccccc2C2=N[C@@H](Cc3ccccc3)C(=O)N12)C(=O)Nc1ccccc1C. The van der Waals surface area contributed by atoms with Crippen LogP contribution in [0.3, 0.4) is 0 Å². The normalized spacial score (nSPS) is 17.3. The largest absolute Gasteiger partial charge is 0.325 e. The molecule has 0 aromatic heterocycles. The Balaban J connectivity index is 1.43. The van der Waals surface area contributed by atoms with Crippen LogP contribution in [-0.4, -0.2) is 39.0 Å². The number of hydrogen-bond donors (Lipinski definition) is 1. The number of benzene rings is 3. The molecule has 3 aromatic carbocycles. The lowest BCUT2D eigenvalue weighted by Gasteiger charge is -2.27. The maximum Gasteiger partial charge on any atom is 0.259 e. The van der Waals surface area contributed by atoms with Crippen molar-refractivity contribution in [2.24, 2.45) is 9.98 Å². The third kappa shape index (κ3) is 4.64. The minimum atomic E-state index is -0.523. The van der Waals surface area contributed by atoms with Gasteiger partial charge in [0.2, 0.25) is 5.91 Å². The van der Waals surface area contributed by atoms with Crippen LogP contribution in [0.5, 0.6) is 0 Å². The van der Waals surface area contributed by atoms with E-state index in [4.69, 9.17) is 9.98 Å². The van der Waals surface area contributed by atoms with Crippen molar-refractivity contribution >= 4 is 46.0 Å². The molecule has 0 unspecified atom stereocenters. The molecule has 1 N–H and O–H groups in total. The molecule has 176 valence electrons. The minimum Gasteiger partial charge on any atom is -0.325 e. The molecular formula is C28H26N4O2S. The zero-order chi connectivity index (χ0) is 24.4. The number of aryl methyl sites for hydroxylation is 1. The first kappa shape index (κ1) is 23.1. The van der Waals surface area contributed by atoms with E-state index in [1.807, 2.05) is 92.7 Å². The number of nitrogens with one attached hydrogen (secondary N) is 1. The van der Waals surface area contributed by atoms with E-state index in [-0.39, 0.29) is 11.8 Å². The predicted octanol–water partition coefficient (Wildman–Crippen LogP) is 5.35. The molecule has 2 amide bonds. The highest BCUT2D eigenvalue weighted by Gasteiger charge is 2.42. The van der Waals surface area contributed by atoms with Gasteiger partial charge in [0.1, 0.15) is 11.9 Å². The van der Waals surface area contributed by atoms with Gasteiger partial charge in [0, 0.05) is 17.7 Å². The molecule has 0 saturated heterocycles. The van der Waals surface area contributed by atoms with Crippen molar-refractivity contribution in [3.63, 3.8) is 0 Å². The van der Waals surface area contributed by atoms with E-state index in [0.717, 1.165) is 28.1 Å². The molecule has 0 bridgehead atoms. The number of anilines is 1. The summed E-state index contributed by atoms with van der Waals surface area (Å²) in [4.78, 5) is 38.0. The van der Waals surface area contributed by atoms with Crippen molar-refractivity contribution in [3.8, 4) is 0 Å². The Morgan fingerprint density at radius 3 is 2.51 bits per heavy atom. The highest BCUT2D eigenvalue weighted by atomic mass is 32.2. The van der Waals surface area contributed by atoms with Crippen LogP contribution < -0.4 is 5.32 Å². The van der Waals surface area contributed by atoms with Gasteiger partial charge < -0.3 is 5.32 Å². The maximum absolute atomic E-state index is 13.6. The van der Waals surface area contributed by atoms with Gasteiger partial charge in [-0.3, -0.25) is 14.6 Å². The Morgan fingerprint density at radius 1 is 1.03 bits per heavy atom. The molecule has 2 atom stereocenters. The Kier molecular flexibility index (Phi) is 6.51. The number of nitrogens with zero attached hydrogens (tertiary/aromatic N) is 3. The average molecular weight is 483 g/mol. The van der Waals surface area contributed by atoms with Crippen LogP contribution in [0.25, 0.3) is 0 Å². The molecule has 0 radical (unpaired) electrons. The summed E-state index contributed by atoms with van der Waals surface area (Å²) in [5, 5.41) is 3.11. The summed E-state index contributed by atoms with van der Waals surface area (Å²) in [5.41, 5.74) is 4.43. The molecule has 3 aromatic rings. The quantitative estimate of drug-likeness (QED) is 0.515. The van der Waals surface area contributed by atoms with E-state index in [1.165, 1.54) is 11.8 Å². The highest BCUT2D eigenvalue weighted by Crippen LogP contribution is 2.36. The van der Waals surface area contributed by atoms with Gasteiger partial charge in [-0.15, -0.1) is 0 Å². The molecule has 2 aliphatic heterocycles. The van der Waals surface area contributed by atoms with E-state index >= 15 is 0 Å². The second kappa shape index (κ2) is 9.88. The van der Waals surface area contributed by atoms with Gasteiger partial charge in [-0.05, 0) is 42.7 Å². The smallest absolute Gasteiger partial charge is 0.259 e. The number of hydrogen-bond acceptors (Lipinski definition) is 5. The van der Waals surface area contributed by atoms with Crippen molar-refractivity contribution in [1.29, 1.82) is 0 Å². The lowest BCUT2D eigenvalue weighted by atomic mass is 10.1. The first-order valence-electron chi connectivity index (χ1n) is 11.7. The van der Waals surface area contributed by atoms with Gasteiger partial charge in [-0.1, -0.05) is 79.3 Å². The summed E-state index contributed by atoms with van der Waals surface area (Å²) in [6, 6.07) is 24.8. The van der Waals surface area contributed by atoms with Crippen LogP contribution in [0.4, 0.5) is 11.4 Å². The van der Waals surface area contributed by atoms with Crippen molar-refractivity contribution in [2.75, 3.05) is 5.32 Å². The number of thioether (sulfide) groups is 1. The zero-order valence-corrected chi connectivity index (χ0v) is 20.5. The van der Waals surface area contributed by atoms with Gasteiger partial charge in [0.25, 0.3) is 5.91 Å². The molecule has 6 nitrogen and oxygen atoms in total. The lowest BCUT2D eigenvalue weighted by Crippen LogP contribution is -2.42. The molecule has 35 heavy (non-hydrogen) atoms. The molecule has 0 fully saturated rings. The summed E-state index contributed by atoms with van der Waals surface area (Å²) >= 11 is 1.31. The molecule has 2 aliphatic rings. The minimum absolute atomic E-state index is 0.112. The van der Waals surface area contributed by atoms with E-state index in [1.54, 1.807) is 4.90 Å². The molecule has 0 saturated carbocycles. The van der Waals surface area contributed by atoms with Crippen molar-refractivity contribution in [3.05, 3.63) is 95.6 Å². The Labute approximate surface area is 209 Å². The fraction of sp³-hybridized carbons (Fsp3) is 0.214. The molecule has 0 spiro atoms. The van der Waals surface area contributed by atoms with Crippen LogP contribution >= 0.6 is 11.8 Å². The van der Waals surface area contributed by atoms with Gasteiger partial charge in [0.15, 0.2) is 5.17 Å². The van der Waals surface area contributed by atoms with Crippen molar-refractivity contribution < 1.29 is 9.59 Å². The fourth-order valence-corrected chi connectivity index (χ4v) is 5.25. The first-order valence-corrected chi connectivity index (χ1v) is 12.6. The third-order valence-electron chi connectivity index (χ3n) is 6.13. The Morgan fingerprint density at radius 2 is 1.74 bits per heavy atom. The number of para-hydroxylation sites is 2. The zero-order valence-electron chi connectivity index (χ0n) is 19.6.